The van der Waals surface area contributed by atoms with E-state index in [-0.39, 0.29) is 12.4 Å². The molecule has 0 aliphatic carbocycles. The summed E-state index contributed by atoms with van der Waals surface area (Å²) < 4.78 is 7.55. The predicted octanol–water partition coefficient (Wildman–Crippen LogP) is 4.76. The van der Waals surface area contributed by atoms with Crippen LogP contribution in [-0.2, 0) is 4.79 Å². The third-order valence-electron chi connectivity index (χ3n) is 5.56. The number of unbranched alkanes of at least 4 members (excludes halogenated alkanes) is 1. The number of fused-ring (bicyclic) bond motifs is 1. The maximum absolute atomic E-state index is 13.4. The topological polar surface area (TPSA) is 77.6 Å². The number of ketones is 1. The lowest BCUT2D eigenvalue weighted by Crippen LogP contribution is -2.31. The summed E-state index contributed by atoms with van der Waals surface area (Å²) in [6, 6.07) is 13.0. The summed E-state index contributed by atoms with van der Waals surface area (Å²) in [5.41, 5.74) is 8.49. The van der Waals surface area contributed by atoms with Crippen LogP contribution in [-0.4, -0.2) is 47.4 Å². The standard InChI is InChI=1S/C25H30ClN3O3/c1-4-6-13-28(5-2)15-23(30)25-17(3)29(19-9-7-18(26)8-10-19)22-14-20(11-12-21(22)25)32-16-24(27)31/h7-12,14H,4-6,13,15-16H2,1-3H3,(H2,27,31). The molecule has 0 aliphatic heterocycles. The molecule has 1 amide bonds. The second-order valence-electron chi connectivity index (χ2n) is 7.85. The van der Waals surface area contributed by atoms with E-state index in [4.69, 9.17) is 22.1 Å². The second-order valence-corrected chi connectivity index (χ2v) is 8.29. The highest BCUT2D eigenvalue weighted by atomic mass is 35.5. The molecule has 170 valence electrons. The van der Waals surface area contributed by atoms with Crippen molar-refractivity contribution in [2.45, 2.75) is 33.6 Å². The van der Waals surface area contributed by atoms with Gasteiger partial charge in [0.05, 0.1) is 12.1 Å². The van der Waals surface area contributed by atoms with Gasteiger partial charge in [0.2, 0.25) is 0 Å². The number of hydrogen-bond donors (Lipinski definition) is 1. The Hall–Kier alpha value is -2.83. The van der Waals surface area contributed by atoms with Gasteiger partial charge in [0.15, 0.2) is 12.4 Å². The van der Waals surface area contributed by atoms with Gasteiger partial charge in [-0.15, -0.1) is 0 Å². The van der Waals surface area contributed by atoms with Crippen molar-refractivity contribution in [2.75, 3.05) is 26.2 Å². The van der Waals surface area contributed by atoms with Crippen LogP contribution < -0.4 is 10.5 Å². The Morgan fingerprint density at radius 1 is 1.12 bits per heavy atom. The van der Waals surface area contributed by atoms with Crippen LogP contribution in [0.3, 0.4) is 0 Å². The normalized spacial score (nSPS) is 11.3. The summed E-state index contributed by atoms with van der Waals surface area (Å²) in [5.74, 6) is 0.0575. The fourth-order valence-electron chi connectivity index (χ4n) is 3.93. The lowest BCUT2D eigenvalue weighted by Gasteiger charge is -2.19. The molecule has 7 heteroatoms. The molecule has 3 rings (SSSR count). The lowest BCUT2D eigenvalue weighted by atomic mass is 10.1. The summed E-state index contributed by atoms with van der Waals surface area (Å²) in [5, 5.41) is 1.49. The first-order chi connectivity index (χ1) is 15.3. The maximum Gasteiger partial charge on any atom is 0.255 e. The zero-order valence-electron chi connectivity index (χ0n) is 18.9. The fraction of sp³-hybridized carbons (Fsp3) is 0.360. The molecule has 0 fully saturated rings. The molecular weight excluding hydrogens is 426 g/mol. The van der Waals surface area contributed by atoms with Crippen molar-refractivity contribution in [3.05, 3.63) is 58.7 Å². The molecule has 0 saturated heterocycles. The molecule has 0 radical (unpaired) electrons. The van der Waals surface area contributed by atoms with E-state index < -0.39 is 5.91 Å². The average Bonchev–Trinajstić information content (AvgIpc) is 3.06. The van der Waals surface area contributed by atoms with Crippen LogP contribution in [0.5, 0.6) is 5.75 Å². The summed E-state index contributed by atoms with van der Waals surface area (Å²) in [6.45, 7) is 8.07. The number of nitrogens with zero attached hydrogens (tertiary/aromatic N) is 2. The zero-order valence-corrected chi connectivity index (χ0v) is 19.6. The first-order valence-corrected chi connectivity index (χ1v) is 11.3. The van der Waals surface area contributed by atoms with Crippen molar-refractivity contribution < 1.29 is 14.3 Å². The number of amides is 1. The first kappa shape index (κ1) is 23.8. The summed E-state index contributed by atoms with van der Waals surface area (Å²) in [6.07, 6.45) is 2.15. The van der Waals surface area contributed by atoms with Crippen molar-refractivity contribution in [1.29, 1.82) is 0 Å². The Balaban J connectivity index is 2.09. The maximum atomic E-state index is 13.4. The number of aromatic nitrogens is 1. The number of benzene rings is 2. The van der Waals surface area contributed by atoms with Gasteiger partial charge in [-0.3, -0.25) is 14.5 Å². The molecule has 0 bridgehead atoms. The minimum absolute atomic E-state index is 0.0870. The third-order valence-corrected chi connectivity index (χ3v) is 5.82. The molecule has 32 heavy (non-hydrogen) atoms. The van der Waals surface area contributed by atoms with E-state index in [1.54, 1.807) is 6.07 Å². The molecule has 6 nitrogen and oxygen atoms in total. The Bertz CT molecular complexity index is 1110. The Morgan fingerprint density at radius 3 is 2.47 bits per heavy atom. The Morgan fingerprint density at radius 2 is 1.84 bits per heavy atom. The molecule has 0 unspecified atom stereocenters. The minimum atomic E-state index is -0.544. The van der Waals surface area contributed by atoms with Crippen LogP contribution in [0.15, 0.2) is 42.5 Å². The Labute approximate surface area is 193 Å². The summed E-state index contributed by atoms with van der Waals surface area (Å²) >= 11 is 6.09. The van der Waals surface area contributed by atoms with Gasteiger partial charge in [0.25, 0.3) is 5.91 Å². The number of Topliss-reactive ketones (excluding diaryl/α,β-unsaturated/α-hetero) is 1. The van der Waals surface area contributed by atoms with Gasteiger partial charge in [-0.05, 0) is 62.8 Å². The van der Waals surface area contributed by atoms with E-state index in [1.807, 2.05) is 47.9 Å². The van der Waals surface area contributed by atoms with E-state index in [1.165, 1.54) is 0 Å². The Kier molecular flexibility index (Phi) is 7.94. The van der Waals surface area contributed by atoms with Gasteiger partial charge in [0.1, 0.15) is 5.75 Å². The number of halogens is 1. The van der Waals surface area contributed by atoms with Crippen molar-refractivity contribution in [1.82, 2.24) is 9.47 Å². The molecule has 0 atom stereocenters. The number of hydrogen-bond acceptors (Lipinski definition) is 4. The molecule has 0 spiro atoms. The molecule has 0 saturated carbocycles. The van der Waals surface area contributed by atoms with Crippen molar-refractivity contribution >= 4 is 34.2 Å². The zero-order chi connectivity index (χ0) is 23.3. The van der Waals surface area contributed by atoms with Crippen LogP contribution in [0.25, 0.3) is 16.6 Å². The number of carbonyl (C=O) groups is 2. The number of primary amides is 1. The minimum Gasteiger partial charge on any atom is -0.484 e. The lowest BCUT2D eigenvalue weighted by molar-refractivity contribution is -0.119. The number of likely N-dealkylation sites (N-methyl/N-ethyl adjacent to an activating group) is 1. The van der Waals surface area contributed by atoms with Crippen molar-refractivity contribution in [3.8, 4) is 11.4 Å². The van der Waals surface area contributed by atoms with Crippen LogP contribution in [0.4, 0.5) is 0 Å². The second kappa shape index (κ2) is 10.7. The first-order valence-electron chi connectivity index (χ1n) is 10.9. The largest absolute Gasteiger partial charge is 0.484 e. The van der Waals surface area contributed by atoms with Gasteiger partial charge in [-0.2, -0.15) is 0 Å². The fourth-order valence-corrected chi connectivity index (χ4v) is 4.05. The molecule has 0 aliphatic rings. The average molecular weight is 456 g/mol. The highest BCUT2D eigenvalue weighted by molar-refractivity contribution is 6.30. The summed E-state index contributed by atoms with van der Waals surface area (Å²) in [7, 11) is 0. The van der Waals surface area contributed by atoms with E-state index in [2.05, 4.69) is 18.7 Å². The number of nitrogens with two attached hydrogens (primary N) is 1. The number of carbonyl (C=O) groups excluding carboxylic acids is 2. The molecule has 1 heterocycles. The molecule has 2 aromatic carbocycles. The SMILES string of the molecule is CCCCN(CC)CC(=O)c1c(C)n(-c2ccc(Cl)cc2)c2cc(OCC(N)=O)ccc12. The van der Waals surface area contributed by atoms with Crippen LogP contribution >= 0.6 is 11.6 Å². The van der Waals surface area contributed by atoms with E-state index in [9.17, 15) is 9.59 Å². The van der Waals surface area contributed by atoms with E-state index in [0.29, 0.717) is 22.9 Å². The van der Waals surface area contributed by atoms with Gasteiger partial charge < -0.3 is 15.0 Å². The predicted molar refractivity (Wildman–Crippen MR) is 129 cm³/mol. The highest BCUT2D eigenvalue weighted by Crippen LogP contribution is 2.33. The number of rotatable bonds is 11. The van der Waals surface area contributed by atoms with Crippen LogP contribution in [0.2, 0.25) is 5.02 Å². The van der Waals surface area contributed by atoms with Crippen molar-refractivity contribution in [2.24, 2.45) is 5.73 Å². The van der Waals surface area contributed by atoms with Gasteiger partial charge >= 0.3 is 0 Å². The number of ether oxygens (including phenoxy) is 1. The van der Waals surface area contributed by atoms with Gasteiger partial charge in [-0.1, -0.05) is 31.9 Å². The quantitative estimate of drug-likeness (QED) is 0.423. The molecule has 2 N–H and O–H groups in total. The highest BCUT2D eigenvalue weighted by Gasteiger charge is 2.22. The molecular formula is C25H30ClN3O3. The summed E-state index contributed by atoms with van der Waals surface area (Å²) in [4.78, 5) is 26.8. The van der Waals surface area contributed by atoms with Gasteiger partial charge in [-0.25, -0.2) is 0 Å². The van der Waals surface area contributed by atoms with Crippen LogP contribution in [0.1, 0.15) is 42.7 Å². The monoisotopic (exact) mass is 455 g/mol. The van der Waals surface area contributed by atoms with Gasteiger partial charge in [0, 0.05) is 33.4 Å². The van der Waals surface area contributed by atoms with Crippen molar-refractivity contribution in [3.63, 3.8) is 0 Å². The molecule has 3 aromatic rings. The third kappa shape index (κ3) is 5.31. The molecule has 1 aromatic heterocycles. The van der Waals surface area contributed by atoms with E-state index in [0.717, 1.165) is 48.2 Å². The smallest absolute Gasteiger partial charge is 0.255 e. The van der Waals surface area contributed by atoms with E-state index >= 15 is 0 Å². The van der Waals surface area contributed by atoms with Crippen LogP contribution in [0, 0.1) is 6.92 Å².